The SMILES string of the molecule is COc1ccc(Cl)cc1-c1nc(S[C@@H](C)C(N)=O)n[nH]1. The van der Waals surface area contributed by atoms with Crippen LogP contribution in [0, 0.1) is 0 Å². The molecule has 20 heavy (non-hydrogen) atoms. The normalized spacial score (nSPS) is 12.2. The van der Waals surface area contributed by atoms with Gasteiger partial charge in [-0.25, -0.2) is 4.98 Å². The van der Waals surface area contributed by atoms with Gasteiger partial charge < -0.3 is 10.5 Å². The zero-order valence-electron chi connectivity index (χ0n) is 10.9. The molecule has 1 amide bonds. The number of amides is 1. The number of aromatic nitrogens is 3. The van der Waals surface area contributed by atoms with E-state index in [2.05, 4.69) is 15.2 Å². The van der Waals surface area contributed by atoms with Crippen LogP contribution in [-0.2, 0) is 4.79 Å². The Bertz CT molecular complexity index is 632. The van der Waals surface area contributed by atoms with Crippen LogP contribution in [0.4, 0.5) is 0 Å². The van der Waals surface area contributed by atoms with Gasteiger partial charge in [0.05, 0.1) is 17.9 Å². The number of rotatable bonds is 5. The number of hydrogen-bond donors (Lipinski definition) is 2. The average molecular weight is 313 g/mol. The van der Waals surface area contributed by atoms with Crippen LogP contribution in [0.25, 0.3) is 11.4 Å². The van der Waals surface area contributed by atoms with Crippen molar-refractivity contribution in [2.45, 2.75) is 17.3 Å². The average Bonchev–Trinajstić information content (AvgIpc) is 2.87. The van der Waals surface area contributed by atoms with Crippen molar-refractivity contribution >= 4 is 29.3 Å². The Morgan fingerprint density at radius 1 is 1.55 bits per heavy atom. The molecule has 2 rings (SSSR count). The Morgan fingerprint density at radius 3 is 2.95 bits per heavy atom. The molecule has 6 nitrogen and oxygen atoms in total. The lowest BCUT2D eigenvalue weighted by molar-refractivity contribution is -0.117. The molecule has 106 valence electrons. The lowest BCUT2D eigenvalue weighted by atomic mass is 10.2. The van der Waals surface area contributed by atoms with Gasteiger partial charge in [0.25, 0.3) is 0 Å². The van der Waals surface area contributed by atoms with Crippen molar-refractivity contribution in [2.24, 2.45) is 5.73 Å². The highest BCUT2D eigenvalue weighted by Gasteiger charge is 2.16. The minimum atomic E-state index is -0.415. The fraction of sp³-hybridized carbons (Fsp3) is 0.250. The van der Waals surface area contributed by atoms with Gasteiger partial charge in [-0.05, 0) is 25.1 Å². The van der Waals surface area contributed by atoms with Crippen molar-refractivity contribution in [1.29, 1.82) is 0 Å². The van der Waals surface area contributed by atoms with E-state index in [0.717, 1.165) is 0 Å². The predicted octanol–water partition coefficient (Wildman–Crippen LogP) is 2.10. The summed E-state index contributed by atoms with van der Waals surface area (Å²) < 4.78 is 5.26. The molecule has 0 radical (unpaired) electrons. The number of thioether (sulfide) groups is 1. The zero-order valence-corrected chi connectivity index (χ0v) is 12.5. The number of ether oxygens (including phenoxy) is 1. The lowest BCUT2D eigenvalue weighted by Crippen LogP contribution is -2.22. The fourth-order valence-corrected chi connectivity index (χ4v) is 2.35. The number of H-pyrrole nitrogens is 1. The number of hydrogen-bond acceptors (Lipinski definition) is 5. The van der Waals surface area contributed by atoms with E-state index in [1.807, 2.05) is 0 Å². The van der Waals surface area contributed by atoms with Crippen LogP contribution >= 0.6 is 23.4 Å². The summed E-state index contributed by atoms with van der Waals surface area (Å²) in [7, 11) is 1.56. The van der Waals surface area contributed by atoms with E-state index < -0.39 is 11.2 Å². The van der Waals surface area contributed by atoms with Gasteiger partial charge in [-0.15, -0.1) is 5.10 Å². The van der Waals surface area contributed by atoms with Crippen LogP contribution in [0.2, 0.25) is 5.02 Å². The number of halogens is 1. The van der Waals surface area contributed by atoms with E-state index in [-0.39, 0.29) is 0 Å². The Hall–Kier alpha value is -1.73. The third-order valence-corrected chi connectivity index (χ3v) is 3.78. The third kappa shape index (κ3) is 3.23. The molecular formula is C12H13ClN4O2S. The summed E-state index contributed by atoms with van der Waals surface area (Å²) in [5, 5.41) is 7.44. The Kier molecular flexibility index (Phi) is 4.51. The van der Waals surface area contributed by atoms with Crippen molar-refractivity contribution in [1.82, 2.24) is 15.2 Å². The number of methoxy groups -OCH3 is 1. The van der Waals surface area contributed by atoms with Crippen LogP contribution in [0.3, 0.4) is 0 Å². The zero-order chi connectivity index (χ0) is 14.7. The molecular weight excluding hydrogens is 300 g/mol. The Labute approximate surface area is 125 Å². The molecule has 0 unspecified atom stereocenters. The summed E-state index contributed by atoms with van der Waals surface area (Å²) in [5.74, 6) is 0.732. The summed E-state index contributed by atoms with van der Waals surface area (Å²) in [6.07, 6.45) is 0. The summed E-state index contributed by atoms with van der Waals surface area (Å²) >= 11 is 7.16. The lowest BCUT2D eigenvalue weighted by Gasteiger charge is -2.05. The standard InChI is InChI=1S/C12H13ClN4O2S/c1-6(10(14)18)20-12-15-11(16-17-12)8-5-7(13)3-4-9(8)19-2/h3-6H,1-2H3,(H2,14,18)(H,15,16,17)/t6-/m0/s1. The van der Waals surface area contributed by atoms with Crippen molar-refractivity contribution < 1.29 is 9.53 Å². The van der Waals surface area contributed by atoms with Crippen molar-refractivity contribution in [3.8, 4) is 17.1 Å². The second-order valence-electron chi connectivity index (χ2n) is 3.97. The van der Waals surface area contributed by atoms with E-state index in [4.69, 9.17) is 22.1 Å². The molecule has 1 aromatic heterocycles. The molecule has 0 saturated carbocycles. The molecule has 2 aromatic rings. The van der Waals surface area contributed by atoms with Crippen LogP contribution in [0.1, 0.15) is 6.92 Å². The minimum absolute atomic E-state index is 0.403. The quantitative estimate of drug-likeness (QED) is 0.825. The van der Waals surface area contributed by atoms with Gasteiger partial charge in [0.1, 0.15) is 5.75 Å². The topological polar surface area (TPSA) is 93.9 Å². The maximum atomic E-state index is 11.0. The fourth-order valence-electron chi connectivity index (χ4n) is 1.50. The largest absolute Gasteiger partial charge is 0.496 e. The van der Waals surface area contributed by atoms with Crippen LogP contribution in [0.15, 0.2) is 23.4 Å². The molecule has 0 spiro atoms. The number of nitrogens with one attached hydrogen (secondary N) is 1. The van der Waals surface area contributed by atoms with E-state index in [0.29, 0.717) is 27.3 Å². The molecule has 1 atom stereocenters. The highest BCUT2D eigenvalue weighted by molar-refractivity contribution is 8.00. The van der Waals surface area contributed by atoms with E-state index in [9.17, 15) is 4.79 Å². The molecule has 0 fully saturated rings. The first kappa shape index (κ1) is 14.7. The molecule has 1 aromatic carbocycles. The summed E-state index contributed by atoms with van der Waals surface area (Å²) in [6.45, 7) is 1.70. The minimum Gasteiger partial charge on any atom is -0.496 e. The summed E-state index contributed by atoms with van der Waals surface area (Å²) in [5.41, 5.74) is 5.90. The van der Waals surface area contributed by atoms with E-state index in [1.54, 1.807) is 32.2 Å². The molecule has 0 aliphatic heterocycles. The number of benzene rings is 1. The number of carbonyl (C=O) groups is 1. The highest BCUT2D eigenvalue weighted by Crippen LogP contribution is 2.31. The maximum absolute atomic E-state index is 11.0. The van der Waals surface area contributed by atoms with Gasteiger partial charge in [-0.3, -0.25) is 9.89 Å². The molecule has 0 aliphatic carbocycles. The second kappa shape index (κ2) is 6.15. The molecule has 0 bridgehead atoms. The van der Waals surface area contributed by atoms with Gasteiger partial charge in [0, 0.05) is 5.02 Å². The predicted molar refractivity (Wildman–Crippen MR) is 77.9 cm³/mol. The van der Waals surface area contributed by atoms with E-state index >= 15 is 0 Å². The van der Waals surface area contributed by atoms with Crippen molar-refractivity contribution in [2.75, 3.05) is 7.11 Å². The third-order valence-electron chi connectivity index (χ3n) is 2.56. The van der Waals surface area contributed by atoms with Gasteiger partial charge >= 0.3 is 0 Å². The molecule has 0 saturated heterocycles. The summed E-state index contributed by atoms with van der Waals surface area (Å²) in [4.78, 5) is 15.3. The number of aromatic amines is 1. The Morgan fingerprint density at radius 2 is 2.30 bits per heavy atom. The Balaban J connectivity index is 2.29. The van der Waals surface area contributed by atoms with Crippen molar-refractivity contribution in [3.63, 3.8) is 0 Å². The molecule has 8 heteroatoms. The molecule has 3 N–H and O–H groups in total. The highest BCUT2D eigenvalue weighted by atomic mass is 35.5. The molecule has 1 heterocycles. The van der Waals surface area contributed by atoms with Gasteiger partial charge in [0.15, 0.2) is 5.82 Å². The van der Waals surface area contributed by atoms with Crippen LogP contribution in [0.5, 0.6) is 5.75 Å². The van der Waals surface area contributed by atoms with Crippen molar-refractivity contribution in [3.05, 3.63) is 23.2 Å². The first-order valence-electron chi connectivity index (χ1n) is 5.73. The maximum Gasteiger partial charge on any atom is 0.230 e. The number of primary amides is 1. The van der Waals surface area contributed by atoms with Gasteiger partial charge in [0.2, 0.25) is 11.1 Å². The first-order chi connectivity index (χ1) is 9.51. The number of carbonyl (C=O) groups excluding carboxylic acids is 1. The van der Waals surface area contributed by atoms with Gasteiger partial charge in [-0.1, -0.05) is 23.4 Å². The smallest absolute Gasteiger partial charge is 0.230 e. The monoisotopic (exact) mass is 312 g/mol. The van der Waals surface area contributed by atoms with E-state index in [1.165, 1.54) is 11.8 Å². The molecule has 0 aliphatic rings. The second-order valence-corrected chi connectivity index (χ2v) is 5.72. The van der Waals surface area contributed by atoms with Crippen LogP contribution in [-0.4, -0.2) is 33.4 Å². The first-order valence-corrected chi connectivity index (χ1v) is 6.99. The summed E-state index contributed by atoms with van der Waals surface area (Å²) in [6, 6.07) is 5.21. The number of nitrogens with zero attached hydrogens (tertiary/aromatic N) is 2. The number of nitrogens with two attached hydrogens (primary N) is 1. The van der Waals surface area contributed by atoms with Crippen LogP contribution < -0.4 is 10.5 Å². The van der Waals surface area contributed by atoms with Gasteiger partial charge in [-0.2, -0.15) is 0 Å².